The lowest BCUT2D eigenvalue weighted by Crippen LogP contribution is -2.13. The zero-order valence-corrected chi connectivity index (χ0v) is 40.0. The van der Waals surface area contributed by atoms with Gasteiger partial charge in [-0.1, -0.05) is 328 Å². The molecule has 0 aromatic carbocycles. The van der Waals surface area contributed by atoms with Crippen molar-refractivity contribution in [1.82, 2.24) is 0 Å². The molecule has 0 amide bonds. The van der Waals surface area contributed by atoms with Crippen LogP contribution < -0.4 is 0 Å². The lowest BCUT2D eigenvalue weighted by atomic mass is 9.94. The van der Waals surface area contributed by atoms with E-state index in [1.807, 2.05) is 0 Å². The number of rotatable bonds is 52. The van der Waals surface area contributed by atoms with E-state index in [0.717, 1.165) is 25.7 Å². The fourth-order valence-corrected chi connectivity index (χ4v) is 9.27. The van der Waals surface area contributed by atoms with Gasteiger partial charge in [-0.05, 0) is 12.8 Å². The minimum Gasteiger partial charge on any atom is -0.481 e. The number of carboxylic acids is 1. The Kier molecular flexibility index (Phi) is 51.1. The van der Waals surface area contributed by atoms with Crippen molar-refractivity contribution in [3.63, 3.8) is 0 Å². The topological polar surface area (TPSA) is 37.3 Å². The van der Waals surface area contributed by atoms with Gasteiger partial charge in [0.15, 0.2) is 0 Å². The SMILES string of the molecule is CCCCCCCCCCCCCCCCCCCCCCCCCCCCCCCCCCCC(CCCCCCCCCCCCCCCCCC)C(=O)O. The molecule has 57 heavy (non-hydrogen) atoms. The second kappa shape index (κ2) is 51.6. The number of carbonyl (C=O) groups is 1. The van der Waals surface area contributed by atoms with Gasteiger partial charge in [0.1, 0.15) is 0 Å². The number of carboxylic acid groups (broad SMARTS) is 1. The van der Waals surface area contributed by atoms with Gasteiger partial charge < -0.3 is 5.11 Å². The fourth-order valence-electron chi connectivity index (χ4n) is 9.27. The summed E-state index contributed by atoms with van der Waals surface area (Å²) in [6.07, 6.45) is 71.0. The number of hydrogen-bond acceptors (Lipinski definition) is 1. The van der Waals surface area contributed by atoms with Crippen molar-refractivity contribution in [2.45, 2.75) is 341 Å². The third-order valence-corrected chi connectivity index (χ3v) is 13.4. The molecule has 0 spiro atoms. The summed E-state index contributed by atoms with van der Waals surface area (Å²) >= 11 is 0. The maximum Gasteiger partial charge on any atom is 0.306 e. The Balaban J connectivity index is 3.27. The molecule has 0 rings (SSSR count). The normalized spacial score (nSPS) is 12.2. The molecule has 1 atom stereocenters. The summed E-state index contributed by atoms with van der Waals surface area (Å²) in [6.45, 7) is 4.60. The Morgan fingerprint density at radius 2 is 0.368 bits per heavy atom. The highest BCUT2D eigenvalue weighted by Gasteiger charge is 2.16. The van der Waals surface area contributed by atoms with E-state index in [0.29, 0.717) is 0 Å². The van der Waals surface area contributed by atoms with E-state index >= 15 is 0 Å². The summed E-state index contributed by atoms with van der Waals surface area (Å²) < 4.78 is 0. The molecule has 0 bridgehead atoms. The van der Waals surface area contributed by atoms with Gasteiger partial charge in [0.05, 0.1) is 5.92 Å². The van der Waals surface area contributed by atoms with E-state index in [1.54, 1.807) is 0 Å². The molecule has 0 aliphatic heterocycles. The van der Waals surface area contributed by atoms with Crippen LogP contribution in [0, 0.1) is 5.92 Å². The van der Waals surface area contributed by atoms with Crippen LogP contribution in [0.1, 0.15) is 341 Å². The summed E-state index contributed by atoms with van der Waals surface area (Å²) in [5.41, 5.74) is 0. The Labute approximate surface area is 361 Å². The largest absolute Gasteiger partial charge is 0.481 e. The second-order valence-electron chi connectivity index (χ2n) is 19.2. The molecule has 0 aromatic rings. The van der Waals surface area contributed by atoms with Gasteiger partial charge in [0, 0.05) is 0 Å². The second-order valence-corrected chi connectivity index (χ2v) is 19.2. The zero-order valence-electron chi connectivity index (χ0n) is 40.0. The average Bonchev–Trinajstić information content (AvgIpc) is 3.21. The Morgan fingerprint density at radius 3 is 0.491 bits per heavy atom. The highest BCUT2D eigenvalue weighted by molar-refractivity contribution is 5.69. The third-order valence-electron chi connectivity index (χ3n) is 13.4. The maximum atomic E-state index is 11.8. The molecule has 0 aromatic heterocycles. The summed E-state index contributed by atoms with van der Waals surface area (Å²) in [7, 11) is 0. The summed E-state index contributed by atoms with van der Waals surface area (Å²) in [4.78, 5) is 11.8. The summed E-state index contributed by atoms with van der Waals surface area (Å²) in [5.74, 6) is -0.651. The first-order valence-electron chi connectivity index (χ1n) is 27.4. The number of hydrogen-bond donors (Lipinski definition) is 1. The Morgan fingerprint density at radius 1 is 0.246 bits per heavy atom. The van der Waals surface area contributed by atoms with Gasteiger partial charge in [0.25, 0.3) is 0 Å². The van der Waals surface area contributed by atoms with Crippen molar-refractivity contribution >= 4 is 5.97 Å². The monoisotopic (exact) mass is 803 g/mol. The maximum absolute atomic E-state index is 11.8. The lowest BCUT2D eigenvalue weighted by molar-refractivity contribution is -0.142. The van der Waals surface area contributed by atoms with E-state index in [4.69, 9.17) is 0 Å². The molecule has 0 radical (unpaired) electrons. The molecule has 0 heterocycles. The highest BCUT2D eigenvalue weighted by atomic mass is 16.4. The van der Waals surface area contributed by atoms with Gasteiger partial charge in [-0.25, -0.2) is 0 Å². The standard InChI is InChI=1S/C55H110O2/c1-3-5-7-9-11-13-15-17-19-21-22-23-24-25-26-27-28-29-30-31-32-33-34-35-36-37-39-41-43-45-47-49-51-53-54(55(56)57)52-50-48-46-44-42-40-38-20-18-16-14-12-10-8-6-4-2/h54H,3-53H2,1-2H3,(H,56,57). The van der Waals surface area contributed by atoms with Crippen molar-refractivity contribution < 1.29 is 9.90 Å². The van der Waals surface area contributed by atoms with Crippen LogP contribution in [0.5, 0.6) is 0 Å². The van der Waals surface area contributed by atoms with E-state index in [-0.39, 0.29) is 5.92 Å². The molecule has 0 aliphatic carbocycles. The highest BCUT2D eigenvalue weighted by Crippen LogP contribution is 2.21. The van der Waals surface area contributed by atoms with Crippen molar-refractivity contribution in [1.29, 1.82) is 0 Å². The Bertz CT molecular complexity index is 717. The first-order valence-corrected chi connectivity index (χ1v) is 27.4. The van der Waals surface area contributed by atoms with Gasteiger partial charge in [-0.15, -0.1) is 0 Å². The minimum atomic E-state index is -0.549. The summed E-state index contributed by atoms with van der Waals surface area (Å²) in [6, 6.07) is 0. The molecule has 342 valence electrons. The van der Waals surface area contributed by atoms with Crippen LogP contribution in [0.2, 0.25) is 0 Å². The number of aliphatic carboxylic acids is 1. The van der Waals surface area contributed by atoms with Gasteiger partial charge in [-0.3, -0.25) is 4.79 Å². The average molecular weight is 803 g/mol. The van der Waals surface area contributed by atoms with Crippen LogP contribution in [0.3, 0.4) is 0 Å². The van der Waals surface area contributed by atoms with E-state index < -0.39 is 5.97 Å². The van der Waals surface area contributed by atoms with Gasteiger partial charge in [0.2, 0.25) is 0 Å². The number of unbranched alkanes of at least 4 members (excludes halogenated alkanes) is 47. The smallest absolute Gasteiger partial charge is 0.306 e. The van der Waals surface area contributed by atoms with Gasteiger partial charge in [-0.2, -0.15) is 0 Å². The predicted molar refractivity (Wildman–Crippen MR) is 258 cm³/mol. The van der Waals surface area contributed by atoms with Crippen LogP contribution in [0.15, 0.2) is 0 Å². The molecular formula is C55H110O2. The van der Waals surface area contributed by atoms with Crippen LogP contribution >= 0.6 is 0 Å². The summed E-state index contributed by atoms with van der Waals surface area (Å²) in [5, 5.41) is 9.72. The van der Waals surface area contributed by atoms with Crippen LogP contribution in [0.25, 0.3) is 0 Å². The molecule has 0 fully saturated rings. The van der Waals surface area contributed by atoms with Crippen LogP contribution in [0.4, 0.5) is 0 Å². The Hall–Kier alpha value is -0.530. The van der Waals surface area contributed by atoms with Gasteiger partial charge >= 0.3 is 5.97 Å². The first kappa shape index (κ1) is 56.5. The van der Waals surface area contributed by atoms with Crippen molar-refractivity contribution in [2.24, 2.45) is 5.92 Å². The quantitative estimate of drug-likeness (QED) is 0.0622. The van der Waals surface area contributed by atoms with Crippen molar-refractivity contribution in [3.8, 4) is 0 Å². The molecule has 1 N–H and O–H groups in total. The predicted octanol–water partition coefficient (Wildman–Crippen LogP) is 20.6. The lowest BCUT2D eigenvalue weighted by Gasteiger charge is -2.12. The first-order chi connectivity index (χ1) is 28.2. The third kappa shape index (κ3) is 49.7. The van der Waals surface area contributed by atoms with Crippen LogP contribution in [-0.4, -0.2) is 11.1 Å². The van der Waals surface area contributed by atoms with Crippen molar-refractivity contribution in [3.05, 3.63) is 0 Å². The zero-order chi connectivity index (χ0) is 41.2. The van der Waals surface area contributed by atoms with E-state index in [1.165, 1.54) is 302 Å². The molecule has 2 nitrogen and oxygen atoms in total. The molecule has 0 aliphatic rings. The van der Waals surface area contributed by atoms with E-state index in [9.17, 15) is 9.90 Å². The molecule has 2 heteroatoms. The fraction of sp³-hybridized carbons (Fsp3) is 0.982. The van der Waals surface area contributed by atoms with Crippen molar-refractivity contribution in [2.75, 3.05) is 0 Å². The molecular weight excluding hydrogens is 693 g/mol. The molecule has 0 saturated heterocycles. The minimum absolute atomic E-state index is 0.102. The van der Waals surface area contributed by atoms with E-state index in [2.05, 4.69) is 13.8 Å². The molecule has 1 unspecified atom stereocenters. The van der Waals surface area contributed by atoms with Crippen LogP contribution in [-0.2, 0) is 4.79 Å². The molecule has 0 saturated carbocycles.